The van der Waals surface area contributed by atoms with Gasteiger partial charge in [0.25, 0.3) is 0 Å². The second-order valence-electron chi connectivity index (χ2n) is 3.08. The van der Waals surface area contributed by atoms with Gasteiger partial charge in [-0.15, -0.1) is 0 Å². The number of rotatable bonds is 6. The summed E-state index contributed by atoms with van der Waals surface area (Å²) in [6.45, 7) is -0.960. The Hall–Kier alpha value is 1.06. The molecular formula is C6H14KO10P. The van der Waals surface area contributed by atoms with Crippen molar-refractivity contribution in [2.75, 3.05) is 6.61 Å². The molecule has 18 heavy (non-hydrogen) atoms. The van der Waals surface area contributed by atoms with Crippen molar-refractivity contribution in [3.8, 4) is 0 Å². The summed E-state index contributed by atoms with van der Waals surface area (Å²) >= 11 is 0. The van der Waals surface area contributed by atoms with Gasteiger partial charge in [-0.25, -0.2) is 9.36 Å². The van der Waals surface area contributed by atoms with E-state index in [0.29, 0.717) is 0 Å². The Bertz CT molecular complexity index is 310. The van der Waals surface area contributed by atoms with Gasteiger partial charge in [0.05, 0.1) is 6.61 Å². The normalized spacial score (nSPS) is 18.2. The summed E-state index contributed by atoms with van der Waals surface area (Å²) in [6.07, 6.45) is -8.71. The maximum atomic E-state index is 10.8. The van der Waals surface area contributed by atoms with E-state index in [1.165, 1.54) is 0 Å². The zero-order valence-electron chi connectivity index (χ0n) is 10.3. The Kier molecular flexibility index (Phi) is 10.8. The van der Waals surface area contributed by atoms with Gasteiger partial charge >= 0.3 is 65.2 Å². The molecule has 7 N–H and O–H groups in total. The average Bonchev–Trinajstić information content (AvgIpc) is 2.22. The van der Waals surface area contributed by atoms with Crippen LogP contribution in [0.5, 0.6) is 0 Å². The van der Waals surface area contributed by atoms with Gasteiger partial charge < -0.3 is 31.5 Å². The van der Waals surface area contributed by atoms with Gasteiger partial charge in [0.1, 0.15) is 18.3 Å². The molecule has 0 saturated heterocycles. The predicted molar refractivity (Wildman–Crippen MR) is 50.4 cm³/mol. The molecule has 0 rings (SSSR count). The van der Waals surface area contributed by atoms with Crippen molar-refractivity contribution in [3.05, 3.63) is 0 Å². The van der Waals surface area contributed by atoms with E-state index in [9.17, 15) is 9.36 Å². The van der Waals surface area contributed by atoms with Crippen molar-refractivity contribution in [2.45, 2.75) is 24.4 Å². The molecule has 0 aromatic rings. The summed E-state index contributed by atoms with van der Waals surface area (Å²) in [6, 6.07) is 0. The molecule has 10 nitrogen and oxygen atoms in total. The SMILES string of the molecule is O=C(OP(=O)(O)O)[C@H](O)[C@@H](O)[C@H](O)[C@H](O)CO.[H-].[K+]. The third-order valence-electron chi connectivity index (χ3n) is 1.71. The van der Waals surface area contributed by atoms with Crippen LogP contribution < -0.4 is 51.4 Å². The van der Waals surface area contributed by atoms with E-state index in [0.717, 1.165) is 0 Å². The Morgan fingerprint density at radius 1 is 1.17 bits per heavy atom. The van der Waals surface area contributed by atoms with Crippen LogP contribution in [0.3, 0.4) is 0 Å². The Balaban J connectivity index is -0.00000128. The summed E-state index contributed by atoms with van der Waals surface area (Å²) in [4.78, 5) is 27.3. The van der Waals surface area contributed by atoms with Gasteiger partial charge in [0.15, 0.2) is 6.10 Å². The summed E-state index contributed by atoms with van der Waals surface area (Å²) in [5.74, 6) is -1.88. The summed E-state index contributed by atoms with van der Waals surface area (Å²) < 4.78 is 13.7. The molecular weight excluding hydrogens is 302 g/mol. The first-order chi connectivity index (χ1) is 7.60. The van der Waals surface area contributed by atoms with E-state index < -0.39 is 44.8 Å². The number of carbonyl (C=O) groups excluding carboxylic acids is 1. The minimum atomic E-state index is -5.19. The van der Waals surface area contributed by atoms with Gasteiger partial charge in [-0.3, -0.25) is 9.79 Å². The second-order valence-corrected chi connectivity index (χ2v) is 4.24. The minimum Gasteiger partial charge on any atom is -1.00 e. The van der Waals surface area contributed by atoms with E-state index in [1.807, 2.05) is 0 Å². The molecule has 0 unspecified atom stereocenters. The second kappa shape index (κ2) is 9.08. The van der Waals surface area contributed by atoms with E-state index in [4.69, 9.17) is 35.3 Å². The monoisotopic (exact) mass is 316 g/mol. The van der Waals surface area contributed by atoms with Gasteiger partial charge in [-0.1, -0.05) is 0 Å². The van der Waals surface area contributed by atoms with Crippen molar-refractivity contribution in [3.63, 3.8) is 0 Å². The predicted octanol–water partition coefficient (Wildman–Crippen LogP) is -6.83. The smallest absolute Gasteiger partial charge is 1.00 e. The molecule has 0 bridgehead atoms. The standard InChI is InChI=1S/C6H13O10P.K.H/c7-1-2(8)3(9)4(10)5(11)6(12)16-17(13,14)15;;/h2-5,7-11H,1H2,(H2,13,14,15);;/q;+1;-1/t2-,3-,4+,5-;;/m1../s1. The molecule has 0 aromatic carbocycles. The first-order valence-electron chi connectivity index (χ1n) is 4.22. The van der Waals surface area contributed by atoms with Crippen LogP contribution in [0.25, 0.3) is 0 Å². The molecule has 0 spiro atoms. The largest absolute Gasteiger partial charge is 1.00 e. The van der Waals surface area contributed by atoms with Gasteiger partial charge in [-0.05, 0) is 0 Å². The van der Waals surface area contributed by atoms with Gasteiger partial charge in [0, 0.05) is 0 Å². The van der Waals surface area contributed by atoms with E-state index in [1.54, 1.807) is 0 Å². The van der Waals surface area contributed by atoms with Crippen LogP contribution in [0.4, 0.5) is 0 Å². The number of carbonyl (C=O) groups is 1. The van der Waals surface area contributed by atoms with Crippen molar-refractivity contribution in [1.82, 2.24) is 0 Å². The van der Waals surface area contributed by atoms with Crippen molar-refractivity contribution >= 4 is 13.8 Å². The van der Waals surface area contributed by atoms with Crippen LogP contribution in [-0.4, -0.2) is 72.3 Å². The van der Waals surface area contributed by atoms with E-state index in [2.05, 4.69) is 4.52 Å². The van der Waals surface area contributed by atoms with Gasteiger partial charge in [-0.2, -0.15) is 0 Å². The number of aliphatic hydroxyl groups excluding tert-OH is 5. The molecule has 104 valence electrons. The zero-order chi connectivity index (χ0) is 13.8. The fourth-order valence-electron chi connectivity index (χ4n) is 0.833. The third kappa shape index (κ3) is 7.60. The molecule has 0 saturated carbocycles. The summed E-state index contributed by atoms with van der Waals surface area (Å²) in [7, 11) is -5.19. The molecule has 0 fully saturated rings. The molecule has 0 aliphatic rings. The first-order valence-corrected chi connectivity index (χ1v) is 5.75. The van der Waals surface area contributed by atoms with Crippen LogP contribution in [0.15, 0.2) is 0 Å². The zero-order valence-corrected chi connectivity index (χ0v) is 13.3. The Morgan fingerprint density at radius 2 is 1.61 bits per heavy atom. The van der Waals surface area contributed by atoms with Crippen molar-refractivity contribution in [1.29, 1.82) is 0 Å². The summed E-state index contributed by atoms with van der Waals surface area (Å²) in [5.41, 5.74) is 0. The van der Waals surface area contributed by atoms with Crippen LogP contribution in [0.1, 0.15) is 1.43 Å². The maximum Gasteiger partial charge on any atom is 1.00 e. The van der Waals surface area contributed by atoms with Crippen LogP contribution in [0, 0.1) is 0 Å². The number of hydrogen-bond acceptors (Lipinski definition) is 8. The fourth-order valence-corrected chi connectivity index (χ4v) is 1.18. The number of phosphoric ester groups is 1. The number of aliphatic hydroxyl groups is 5. The molecule has 0 radical (unpaired) electrons. The maximum absolute atomic E-state index is 10.8. The van der Waals surface area contributed by atoms with Crippen LogP contribution in [-0.2, 0) is 13.9 Å². The average molecular weight is 316 g/mol. The van der Waals surface area contributed by atoms with Crippen molar-refractivity contribution < 1.29 is 102 Å². The Labute approximate surface area is 145 Å². The number of phosphoric acid groups is 1. The van der Waals surface area contributed by atoms with E-state index in [-0.39, 0.29) is 52.8 Å². The molecule has 4 atom stereocenters. The van der Waals surface area contributed by atoms with Crippen molar-refractivity contribution in [2.24, 2.45) is 0 Å². The molecule has 0 aliphatic carbocycles. The molecule has 0 aromatic heterocycles. The first kappa shape index (κ1) is 21.4. The molecule has 0 amide bonds. The van der Waals surface area contributed by atoms with E-state index >= 15 is 0 Å². The topological polar surface area (TPSA) is 185 Å². The van der Waals surface area contributed by atoms with Gasteiger partial charge in [0.2, 0.25) is 0 Å². The fraction of sp³-hybridized carbons (Fsp3) is 0.833. The molecule has 12 heteroatoms. The third-order valence-corrected chi connectivity index (χ3v) is 2.12. The quantitative estimate of drug-likeness (QED) is 0.183. The van der Waals surface area contributed by atoms with Crippen LogP contribution >= 0.6 is 7.82 Å². The Morgan fingerprint density at radius 3 is 1.94 bits per heavy atom. The minimum absolute atomic E-state index is 0. The number of hydrogen-bond donors (Lipinski definition) is 7. The summed E-state index contributed by atoms with van der Waals surface area (Å²) in [5, 5.41) is 44.6. The molecule has 0 aliphatic heterocycles. The molecule has 0 heterocycles. The van der Waals surface area contributed by atoms with Crippen LogP contribution in [0.2, 0.25) is 0 Å².